The second-order valence-electron chi connectivity index (χ2n) is 4.11. The molecule has 0 saturated carbocycles. The van der Waals surface area contributed by atoms with E-state index in [4.69, 9.17) is 9.47 Å². The van der Waals surface area contributed by atoms with Crippen molar-refractivity contribution >= 4 is 0 Å². The molecule has 0 N–H and O–H groups in total. The molecule has 0 aliphatic carbocycles. The molecule has 4 nitrogen and oxygen atoms in total. The fourth-order valence-corrected chi connectivity index (χ4v) is 1.99. The van der Waals surface area contributed by atoms with Crippen LogP contribution in [0.15, 0.2) is 0 Å². The highest BCUT2D eigenvalue weighted by molar-refractivity contribution is 4.78. The minimum atomic E-state index is 0.894. The topological polar surface area (TPSA) is 24.9 Å². The summed E-state index contributed by atoms with van der Waals surface area (Å²) >= 11 is 0. The standard InChI is InChI=1S/C11H21N2O2/c1(2-12-4-8-14-9-5-12)3-13-6-10-15-11-7-13/h1H,2-11H2. The Morgan fingerprint density at radius 2 is 1.13 bits per heavy atom. The van der Waals surface area contributed by atoms with Gasteiger partial charge in [0.05, 0.1) is 26.4 Å². The van der Waals surface area contributed by atoms with Gasteiger partial charge in [-0.1, -0.05) is 0 Å². The zero-order valence-electron chi connectivity index (χ0n) is 9.36. The summed E-state index contributed by atoms with van der Waals surface area (Å²) in [5, 5.41) is 0. The quantitative estimate of drug-likeness (QED) is 0.649. The van der Waals surface area contributed by atoms with Crippen LogP contribution in [0.1, 0.15) is 0 Å². The number of hydrogen-bond donors (Lipinski definition) is 0. The lowest BCUT2D eigenvalue weighted by molar-refractivity contribution is 0.0331. The predicted octanol–water partition coefficient (Wildman–Crippen LogP) is -0.145. The Kier molecular flexibility index (Phi) is 4.86. The number of hydrogen-bond acceptors (Lipinski definition) is 4. The maximum Gasteiger partial charge on any atom is 0.0594 e. The van der Waals surface area contributed by atoms with Crippen molar-refractivity contribution in [3.8, 4) is 0 Å². The highest BCUT2D eigenvalue weighted by atomic mass is 16.5. The SMILES string of the molecule is [CH](CN1CCOCC1)CN1CCOCC1. The molecular formula is C11H21N2O2. The van der Waals surface area contributed by atoms with Gasteiger partial charge in [0.1, 0.15) is 0 Å². The summed E-state index contributed by atoms with van der Waals surface area (Å²) in [5.74, 6) is 0. The Balaban J connectivity index is 1.53. The van der Waals surface area contributed by atoms with Gasteiger partial charge in [-0.05, 0) is 6.42 Å². The molecule has 0 aromatic heterocycles. The molecule has 2 aliphatic rings. The van der Waals surface area contributed by atoms with Crippen LogP contribution >= 0.6 is 0 Å². The second-order valence-corrected chi connectivity index (χ2v) is 4.11. The molecule has 0 spiro atoms. The zero-order chi connectivity index (χ0) is 10.3. The molecule has 0 aromatic rings. The third-order valence-electron chi connectivity index (χ3n) is 2.98. The Morgan fingerprint density at radius 1 is 0.733 bits per heavy atom. The Hall–Kier alpha value is -0.160. The van der Waals surface area contributed by atoms with Gasteiger partial charge >= 0.3 is 0 Å². The highest BCUT2D eigenvalue weighted by Gasteiger charge is 2.12. The molecule has 2 aliphatic heterocycles. The summed E-state index contributed by atoms with van der Waals surface area (Å²) in [4.78, 5) is 4.90. The van der Waals surface area contributed by atoms with Crippen LogP contribution in [0.2, 0.25) is 0 Å². The number of rotatable bonds is 4. The first-order valence-electron chi connectivity index (χ1n) is 5.87. The lowest BCUT2D eigenvalue weighted by Gasteiger charge is -2.29. The third-order valence-corrected chi connectivity index (χ3v) is 2.98. The molecular weight excluding hydrogens is 192 g/mol. The lowest BCUT2D eigenvalue weighted by Crippen LogP contribution is -2.40. The van der Waals surface area contributed by atoms with E-state index in [0.29, 0.717) is 0 Å². The Bertz CT molecular complexity index is 148. The predicted molar refractivity (Wildman–Crippen MR) is 58.8 cm³/mol. The van der Waals surface area contributed by atoms with Crippen LogP contribution in [-0.2, 0) is 9.47 Å². The van der Waals surface area contributed by atoms with Crippen molar-refractivity contribution in [3.05, 3.63) is 6.42 Å². The zero-order valence-corrected chi connectivity index (χ0v) is 9.36. The monoisotopic (exact) mass is 213 g/mol. The lowest BCUT2D eigenvalue weighted by atomic mass is 10.3. The normalized spacial score (nSPS) is 25.6. The van der Waals surface area contributed by atoms with Crippen LogP contribution < -0.4 is 0 Å². The van der Waals surface area contributed by atoms with Gasteiger partial charge in [-0.3, -0.25) is 9.80 Å². The van der Waals surface area contributed by atoms with Crippen molar-refractivity contribution in [2.24, 2.45) is 0 Å². The molecule has 2 fully saturated rings. The molecule has 87 valence electrons. The molecule has 2 rings (SSSR count). The maximum atomic E-state index is 5.31. The minimum absolute atomic E-state index is 0.894. The van der Waals surface area contributed by atoms with Gasteiger partial charge in [0.25, 0.3) is 0 Å². The van der Waals surface area contributed by atoms with E-state index in [0.717, 1.165) is 65.7 Å². The summed E-state index contributed by atoms with van der Waals surface area (Å²) in [6.07, 6.45) is 2.37. The third kappa shape index (κ3) is 4.07. The number of morpholine rings is 2. The van der Waals surface area contributed by atoms with E-state index < -0.39 is 0 Å². The average Bonchev–Trinajstić information content (AvgIpc) is 2.32. The largest absolute Gasteiger partial charge is 0.379 e. The van der Waals surface area contributed by atoms with Crippen molar-refractivity contribution < 1.29 is 9.47 Å². The second kappa shape index (κ2) is 6.43. The Morgan fingerprint density at radius 3 is 1.53 bits per heavy atom. The summed E-state index contributed by atoms with van der Waals surface area (Å²) in [7, 11) is 0. The van der Waals surface area contributed by atoms with E-state index in [1.54, 1.807) is 0 Å². The van der Waals surface area contributed by atoms with Crippen molar-refractivity contribution in [2.75, 3.05) is 65.7 Å². The fourth-order valence-electron chi connectivity index (χ4n) is 1.99. The van der Waals surface area contributed by atoms with Gasteiger partial charge in [0, 0.05) is 39.3 Å². The maximum absolute atomic E-state index is 5.31. The molecule has 0 amide bonds. The van der Waals surface area contributed by atoms with Crippen molar-refractivity contribution in [3.63, 3.8) is 0 Å². The van der Waals surface area contributed by atoms with E-state index in [9.17, 15) is 0 Å². The highest BCUT2D eigenvalue weighted by Crippen LogP contribution is 2.01. The van der Waals surface area contributed by atoms with Crippen LogP contribution in [0.4, 0.5) is 0 Å². The first-order chi connectivity index (χ1) is 7.45. The van der Waals surface area contributed by atoms with Gasteiger partial charge in [-0.15, -0.1) is 0 Å². The fraction of sp³-hybridized carbons (Fsp3) is 0.909. The van der Waals surface area contributed by atoms with Crippen molar-refractivity contribution in [1.29, 1.82) is 0 Å². The van der Waals surface area contributed by atoms with E-state index in [1.165, 1.54) is 0 Å². The minimum Gasteiger partial charge on any atom is -0.379 e. The summed E-state index contributed by atoms with van der Waals surface area (Å²) in [6, 6.07) is 0. The van der Waals surface area contributed by atoms with Crippen LogP contribution in [-0.4, -0.2) is 75.5 Å². The van der Waals surface area contributed by atoms with Crippen molar-refractivity contribution in [1.82, 2.24) is 9.80 Å². The van der Waals surface area contributed by atoms with Gasteiger partial charge in [-0.2, -0.15) is 0 Å². The van der Waals surface area contributed by atoms with Gasteiger partial charge < -0.3 is 9.47 Å². The summed E-state index contributed by atoms with van der Waals surface area (Å²) in [5.41, 5.74) is 0. The molecule has 0 aromatic carbocycles. The Labute approximate surface area is 92.1 Å². The molecule has 4 heteroatoms. The van der Waals surface area contributed by atoms with Gasteiger partial charge in [0.15, 0.2) is 0 Å². The first kappa shape index (κ1) is 11.3. The van der Waals surface area contributed by atoms with Crippen LogP contribution in [0.25, 0.3) is 0 Å². The molecule has 1 radical (unpaired) electrons. The first-order valence-corrected chi connectivity index (χ1v) is 5.87. The summed E-state index contributed by atoms with van der Waals surface area (Å²) in [6.45, 7) is 10.1. The van der Waals surface area contributed by atoms with Crippen LogP contribution in [0, 0.1) is 6.42 Å². The molecule has 0 atom stereocenters. The van der Waals surface area contributed by atoms with E-state index in [-0.39, 0.29) is 0 Å². The smallest absolute Gasteiger partial charge is 0.0594 e. The summed E-state index contributed by atoms with van der Waals surface area (Å²) < 4.78 is 10.6. The molecule has 0 unspecified atom stereocenters. The van der Waals surface area contributed by atoms with Gasteiger partial charge in [0.2, 0.25) is 0 Å². The van der Waals surface area contributed by atoms with Gasteiger partial charge in [-0.25, -0.2) is 0 Å². The molecule has 2 saturated heterocycles. The van der Waals surface area contributed by atoms with Crippen LogP contribution in [0.5, 0.6) is 0 Å². The molecule has 15 heavy (non-hydrogen) atoms. The van der Waals surface area contributed by atoms with E-state index in [1.807, 2.05) is 0 Å². The van der Waals surface area contributed by atoms with E-state index in [2.05, 4.69) is 16.2 Å². The molecule has 0 bridgehead atoms. The number of ether oxygens (including phenoxy) is 2. The average molecular weight is 213 g/mol. The van der Waals surface area contributed by atoms with Crippen LogP contribution in [0.3, 0.4) is 0 Å². The molecule has 2 heterocycles. The number of nitrogens with zero attached hydrogens (tertiary/aromatic N) is 2. The van der Waals surface area contributed by atoms with E-state index >= 15 is 0 Å². The van der Waals surface area contributed by atoms with Crippen molar-refractivity contribution in [2.45, 2.75) is 0 Å².